The van der Waals surface area contributed by atoms with Gasteiger partial charge in [-0.15, -0.1) is 13.2 Å². The van der Waals surface area contributed by atoms with E-state index < -0.39 is 11.7 Å². The third-order valence-electron chi connectivity index (χ3n) is 4.49. The number of alkyl carbamates (subject to hydrolysis) is 1. The second-order valence-corrected chi connectivity index (χ2v) is 8.24. The SMILES string of the molecule is C=CCC(NC(=O)OC(C)(C)C)c1ccnc(-c2c(NC(=O)C(C)C=C)cnn2C)c1. The van der Waals surface area contributed by atoms with Gasteiger partial charge in [0.25, 0.3) is 0 Å². The zero-order chi connectivity index (χ0) is 23.2. The molecule has 0 fully saturated rings. The van der Waals surface area contributed by atoms with Gasteiger partial charge >= 0.3 is 6.09 Å². The molecule has 2 N–H and O–H groups in total. The van der Waals surface area contributed by atoms with Crippen molar-refractivity contribution in [3.8, 4) is 11.4 Å². The van der Waals surface area contributed by atoms with Gasteiger partial charge in [-0.2, -0.15) is 5.10 Å². The highest BCUT2D eigenvalue weighted by Gasteiger charge is 2.22. The Kier molecular flexibility index (Phi) is 7.74. The number of carbonyl (C=O) groups excluding carboxylic acids is 2. The van der Waals surface area contributed by atoms with Crippen molar-refractivity contribution in [1.29, 1.82) is 0 Å². The van der Waals surface area contributed by atoms with Crippen LogP contribution in [0, 0.1) is 5.92 Å². The standard InChI is InChI=1S/C23H31N5O3/c1-8-10-17(27-22(30)31-23(4,5)6)16-11-12-24-18(13-16)20-19(14-25-28(20)7)26-21(29)15(3)9-2/h8-9,11-15,17H,1-2,10H2,3-7H3,(H,26,29)(H,27,30). The highest BCUT2D eigenvalue weighted by molar-refractivity contribution is 5.96. The van der Waals surface area contributed by atoms with Crippen molar-refractivity contribution in [2.75, 3.05) is 5.32 Å². The normalized spacial score (nSPS) is 13.1. The van der Waals surface area contributed by atoms with Crippen molar-refractivity contribution in [2.45, 2.75) is 45.8 Å². The van der Waals surface area contributed by atoms with Crippen LogP contribution in [0.5, 0.6) is 0 Å². The molecule has 2 amide bonds. The Morgan fingerprint density at radius 2 is 2.03 bits per heavy atom. The molecular weight excluding hydrogens is 394 g/mol. The molecule has 2 aromatic rings. The third-order valence-corrected chi connectivity index (χ3v) is 4.49. The van der Waals surface area contributed by atoms with Gasteiger partial charge < -0.3 is 15.4 Å². The highest BCUT2D eigenvalue weighted by Crippen LogP contribution is 2.29. The average Bonchev–Trinajstić information content (AvgIpc) is 3.05. The molecule has 8 heteroatoms. The molecule has 8 nitrogen and oxygen atoms in total. The number of hydrogen-bond donors (Lipinski definition) is 2. The van der Waals surface area contributed by atoms with Gasteiger partial charge in [0.2, 0.25) is 5.91 Å². The van der Waals surface area contributed by atoms with Gasteiger partial charge in [0.15, 0.2) is 0 Å². The van der Waals surface area contributed by atoms with E-state index in [-0.39, 0.29) is 17.9 Å². The van der Waals surface area contributed by atoms with E-state index in [9.17, 15) is 9.59 Å². The molecule has 31 heavy (non-hydrogen) atoms. The summed E-state index contributed by atoms with van der Waals surface area (Å²) in [5.41, 5.74) is 2.04. The van der Waals surface area contributed by atoms with Crippen molar-refractivity contribution < 1.29 is 14.3 Å². The van der Waals surface area contributed by atoms with Crippen LogP contribution < -0.4 is 10.6 Å². The van der Waals surface area contributed by atoms with Crippen LogP contribution in [-0.4, -0.2) is 32.4 Å². The second kappa shape index (κ2) is 10.1. The summed E-state index contributed by atoms with van der Waals surface area (Å²) in [6, 6.07) is 3.33. The summed E-state index contributed by atoms with van der Waals surface area (Å²) in [5.74, 6) is -0.529. The summed E-state index contributed by atoms with van der Waals surface area (Å²) < 4.78 is 7.03. The Hall–Kier alpha value is -3.42. The molecule has 0 spiro atoms. The molecule has 2 aromatic heterocycles. The van der Waals surface area contributed by atoms with Crippen LogP contribution in [0.25, 0.3) is 11.4 Å². The van der Waals surface area contributed by atoms with Crippen LogP contribution in [0.2, 0.25) is 0 Å². The highest BCUT2D eigenvalue weighted by atomic mass is 16.6. The Bertz CT molecular complexity index is 958. The van der Waals surface area contributed by atoms with Crippen molar-refractivity contribution in [1.82, 2.24) is 20.1 Å². The van der Waals surface area contributed by atoms with E-state index in [0.29, 0.717) is 23.5 Å². The minimum Gasteiger partial charge on any atom is -0.444 e. The summed E-state index contributed by atoms with van der Waals surface area (Å²) in [7, 11) is 1.77. The fourth-order valence-electron chi connectivity index (χ4n) is 2.87. The number of ether oxygens (including phenoxy) is 1. The molecule has 0 radical (unpaired) electrons. The summed E-state index contributed by atoms with van der Waals surface area (Å²) in [6.07, 6.45) is 6.54. The fourth-order valence-corrected chi connectivity index (χ4v) is 2.87. The Morgan fingerprint density at radius 1 is 1.32 bits per heavy atom. The quantitative estimate of drug-likeness (QED) is 0.612. The molecule has 2 unspecified atom stereocenters. The summed E-state index contributed by atoms with van der Waals surface area (Å²) in [6.45, 7) is 14.6. The zero-order valence-electron chi connectivity index (χ0n) is 18.8. The first-order valence-corrected chi connectivity index (χ1v) is 10.1. The number of pyridine rings is 1. The first-order chi connectivity index (χ1) is 14.6. The number of nitrogens with zero attached hydrogens (tertiary/aromatic N) is 3. The molecule has 0 aliphatic rings. The van der Waals surface area contributed by atoms with Gasteiger partial charge in [0.05, 0.1) is 29.5 Å². The van der Waals surface area contributed by atoms with E-state index in [1.54, 1.807) is 43.2 Å². The number of aryl methyl sites for hydroxylation is 1. The monoisotopic (exact) mass is 425 g/mol. The van der Waals surface area contributed by atoms with Gasteiger partial charge in [-0.05, 0) is 44.9 Å². The van der Waals surface area contributed by atoms with Gasteiger partial charge in [-0.1, -0.05) is 19.1 Å². The maximum absolute atomic E-state index is 12.3. The van der Waals surface area contributed by atoms with Crippen LogP contribution in [0.3, 0.4) is 0 Å². The Balaban J connectivity index is 2.34. The predicted octanol–water partition coefficient (Wildman–Crippen LogP) is 4.38. The van der Waals surface area contributed by atoms with E-state index in [4.69, 9.17) is 4.74 Å². The molecule has 2 rings (SSSR count). The third kappa shape index (κ3) is 6.53. The number of anilines is 1. The maximum atomic E-state index is 12.3. The lowest BCUT2D eigenvalue weighted by Crippen LogP contribution is -2.34. The topological polar surface area (TPSA) is 98.1 Å². The molecule has 2 atom stereocenters. The molecule has 0 aliphatic carbocycles. The molecule has 0 saturated carbocycles. The van der Waals surface area contributed by atoms with Crippen LogP contribution in [0.4, 0.5) is 10.5 Å². The number of hydrogen-bond acceptors (Lipinski definition) is 5. The lowest BCUT2D eigenvalue weighted by Gasteiger charge is -2.23. The summed E-state index contributed by atoms with van der Waals surface area (Å²) in [4.78, 5) is 29.1. The first-order valence-electron chi connectivity index (χ1n) is 10.1. The Morgan fingerprint density at radius 3 is 2.65 bits per heavy atom. The molecule has 0 saturated heterocycles. The van der Waals surface area contributed by atoms with Gasteiger partial charge in [-0.25, -0.2) is 4.79 Å². The Labute approximate surface area is 183 Å². The van der Waals surface area contributed by atoms with Crippen LogP contribution >= 0.6 is 0 Å². The summed E-state index contributed by atoms with van der Waals surface area (Å²) in [5, 5.41) is 10.0. The van der Waals surface area contributed by atoms with Crippen molar-refractivity contribution in [3.05, 3.63) is 55.4 Å². The smallest absolute Gasteiger partial charge is 0.408 e. The van der Waals surface area contributed by atoms with Gasteiger partial charge in [-0.3, -0.25) is 14.5 Å². The maximum Gasteiger partial charge on any atom is 0.408 e. The minimum absolute atomic E-state index is 0.184. The van der Waals surface area contributed by atoms with Crippen molar-refractivity contribution >= 4 is 17.7 Å². The molecule has 0 aromatic carbocycles. The first kappa shape index (κ1) is 23.9. The van der Waals surface area contributed by atoms with E-state index in [1.807, 2.05) is 32.9 Å². The number of carbonyl (C=O) groups is 2. The van der Waals surface area contributed by atoms with Crippen molar-refractivity contribution in [2.24, 2.45) is 13.0 Å². The number of amides is 2. The number of rotatable bonds is 8. The minimum atomic E-state index is -0.601. The van der Waals surface area contributed by atoms with E-state index in [1.165, 1.54) is 0 Å². The van der Waals surface area contributed by atoms with Gasteiger partial charge in [0.1, 0.15) is 11.3 Å². The molecule has 2 heterocycles. The summed E-state index contributed by atoms with van der Waals surface area (Å²) >= 11 is 0. The number of aromatic nitrogens is 3. The van der Waals surface area contributed by atoms with E-state index in [0.717, 1.165) is 5.56 Å². The molecule has 0 aliphatic heterocycles. The van der Waals surface area contributed by atoms with Crippen LogP contribution in [0.1, 0.15) is 45.7 Å². The zero-order valence-corrected chi connectivity index (χ0v) is 18.8. The van der Waals surface area contributed by atoms with E-state index >= 15 is 0 Å². The molecular formula is C23H31N5O3. The largest absolute Gasteiger partial charge is 0.444 e. The molecule has 166 valence electrons. The fraction of sp³-hybridized carbons (Fsp3) is 0.391. The average molecular weight is 426 g/mol. The van der Waals surface area contributed by atoms with E-state index in [2.05, 4.69) is 33.9 Å². The molecule has 0 bridgehead atoms. The number of nitrogens with one attached hydrogen (secondary N) is 2. The lowest BCUT2D eigenvalue weighted by atomic mass is 10.0. The van der Waals surface area contributed by atoms with Gasteiger partial charge in [0, 0.05) is 13.2 Å². The second-order valence-electron chi connectivity index (χ2n) is 8.24. The van der Waals surface area contributed by atoms with Crippen LogP contribution in [0.15, 0.2) is 49.8 Å². The lowest BCUT2D eigenvalue weighted by molar-refractivity contribution is -0.118. The van der Waals surface area contributed by atoms with Crippen LogP contribution in [-0.2, 0) is 16.6 Å². The predicted molar refractivity (Wildman–Crippen MR) is 121 cm³/mol. The van der Waals surface area contributed by atoms with Crippen molar-refractivity contribution in [3.63, 3.8) is 0 Å².